The van der Waals surface area contributed by atoms with Crippen LogP contribution in [0, 0.1) is 0 Å². The molecule has 1 N–H and O–H groups in total. The van der Waals surface area contributed by atoms with Crippen molar-refractivity contribution in [2.45, 2.75) is 38.5 Å². The molecule has 0 fully saturated rings. The number of hydrogen-bond acceptors (Lipinski definition) is 2. The van der Waals surface area contributed by atoms with Crippen LogP contribution in [0.4, 0.5) is 11.4 Å². The molecule has 2 aromatic carbocycles. The molecule has 146 valence electrons. The van der Waals surface area contributed by atoms with Gasteiger partial charge in [0.05, 0.1) is 0 Å². The molecule has 0 spiro atoms. The Hall–Kier alpha value is -3.07. The van der Waals surface area contributed by atoms with Gasteiger partial charge in [-0.15, -0.1) is 0 Å². The quantitative estimate of drug-likeness (QED) is 0.448. The van der Waals surface area contributed by atoms with E-state index in [0.29, 0.717) is 0 Å². The van der Waals surface area contributed by atoms with Crippen molar-refractivity contribution >= 4 is 22.3 Å². The van der Waals surface area contributed by atoms with Gasteiger partial charge < -0.3 is 9.88 Å². The van der Waals surface area contributed by atoms with Crippen LogP contribution in [0.3, 0.4) is 0 Å². The van der Waals surface area contributed by atoms with E-state index in [1.807, 2.05) is 12.4 Å². The molecule has 29 heavy (non-hydrogen) atoms. The number of benzene rings is 2. The fourth-order valence-corrected chi connectivity index (χ4v) is 4.66. The zero-order valence-electron chi connectivity index (χ0n) is 17.2. The summed E-state index contributed by atoms with van der Waals surface area (Å²) in [5.74, 6) is 0. The number of hydrogen-bond donors (Lipinski definition) is 1. The monoisotopic (exact) mass is 381 g/mol. The lowest BCUT2D eigenvalue weighted by atomic mass is 9.85. The number of pyridine rings is 1. The van der Waals surface area contributed by atoms with E-state index >= 15 is 0 Å². The summed E-state index contributed by atoms with van der Waals surface area (Å²) in [7, 11) is 0. The smallest absolute Gasteiger partial charge is 0.0456 e. The summed E-state index contributed by atoms with van der Waals surface area (Å²) in [5.41, 5.74) is 8.25. The van der Waals surface area contributed by atoms with E-state index in [4.69, 9.17) is 0 Å². The van der Waals surface area contributed by atoms with Crippen LogP contribution < -0.4 is 4.90 Å². The molecule has 3 nitrogen and oxygen atoms in total. The van der Waals surface area contributed by atoms with E-state index in [1.165, 1.54) is 39.0 Å². The third-order valence-corrected chi connectivity index (χ3v) is 6.20. The lowest BCUT2D eigenvalue weighted by molar-refractivity contribution is 0.568. The van der Waals surface area contributed by atoms with E-state index in [1.54, 1.807) is 0 Å². The average Bonchev–Trinajstić information content (AvgIpc) is 3.27. The highest BCUT2D eigenvalue weighted by atomic mass is 15.2. The molecule has 0 bridgehead atoms. The second-order valence-electron chi connectivity index (χ2n) is 8.74. The van der Waals surface area contributed by atoms with E-state index in [0.717, 1.165) is 25.8 Å². The van der Waals surface area contributed by atoms with Crippen molar-refractivity contribution in [2.75, 3.05) is 11.4 Å². The molecule has 0 unspecified atom stereocenters. The van der Waals surface area contributed by atoms with Gasteiger partial charge in [-0.3, -0.25) is 4.98 Å². The number of rotatable bonds is 5. The number of aromatic amines is 1. The molecule has 4 aromatic rings. The molecule has 0 atom stereocenters. The van der Waals surface area contributed by atoms with Gasteiger partial charge in [0.15, 0.2) is 0 Å². The minimum absolute atomic E-state index is 0.144. The van der Waals surface area contributed by atoms with Crippen molar-refractivity contribution in [3.05, 3.63) is 89.9 Å². The van der Waals surface area contributed by atoms with E-state index in [9.17, 15) is 0 Å². The predicted molar refractivity (Wildman–Crippen MR) is 121 cm³/mol. The number of H-pyrrole nitrogens is 1. The number of para-hydroxylation sites is 1. The zero-order valence-corrected chi connectivity index (χ0v) is 17.2. The maximum atomic E-state index is 4.17. The van der Waals surface area contributed by atoms with Crippen molar-refractivity contribution in [3.8, 4) is 0 Å². The maximum absolute atomic E-state index is 4.17. The van der Waals surface area contributed by atoms with Crippen molar-refractivity contribution in [1.29, 1.82) is 0 Å². The Bertz CT molecular complexity index is 1140. The molecule has 0 aliphatic carbocycles. The molecule has 0 amide bonds. The van der Waals surface area contributed by atoms with Crippen molar-refractivity contribution < 1.29 is 0 Å². The minimum atomic E-state index is 0.144. The Morgan fingerprint density at radius 1 is 1.00 bits per heavy atom. The van der Waals surface area contributed by atoms with Gasteiger partial charge in [0.2, 0.25) is 0 Å². The third kappa shape index (κ3) is 3.31. The van der Waals surface area contributed by atoms with Gasteiger partial charge in [-0.2, -0.15) is 0 Å². The Morgan fingerprint density at radius 3 is 2.69 bits per heavy atom. The summed E-state index contributed by atoms with van der Waals surface area (Å²) >= 11 is 0. The first kappa shape index (κ1) is 18.0. The Kier molecular flexibility index (Phi) is 4.39. The summed E-state index contributed by atoms with van der Waals surface area (Å²) in [6, 6.07) is 19.8. The van der Waals surface area contributed by atoms with Crippen LogP contribution in [-0.4, -0.2) is 16.5 Å². The van der Waals surface area contributed by atoms with Crippen LogP contribution in [0.1, 0.15) is 37.0 Å². The Labute approximate surface area is 172 Å². The van der Waals surface area contributed by atoms with Gasteiger partial charge in [-0.05, 0) is 60.2 Å². The molecule has 0 saturated heterocycles. The normalized spacial score (nSPS) is 15.0. The van der Waals surface area contributed by atoms with Crippen LogP contribution >= 0.6 is 0 Å². The molecular formula is C26H27N3. The molecule has 1 aliphatic rings. The van der Waals surface area contributed by atoms with Gasteiger partial charge in [0.1, 0.15) is 0 Å². The second kappa shape index (κ2) is 7.07. The lowest BCUT2D eigenvalue weighted by Gasteiger charge is -2.22. The van der Waals surface area contributed by atoms with Gasteiger partial charge in [-0.1, -0.05) is 44.2 Å². The summed E-state index contributed by atoms with van der Waals surface area (Å²) in [6.45, 7) is 5.70. The highest BCUT2D eigenvalue weighted by Gasteiger charge is 2.35. The second-order valence-corrected chi connectivity index (χ2v) is 8.74. The molecule has 0 saturated carbocycles. The maximum Gasteiger partial charge on any atom is 0.0456 e. The lowest BCUT2D eigenvalue weighted by Crippen LogP contribution is -2.24. The summed E-state index contributed by atoms with van der Waals surface area (Å²) in [4.78, 5) is 9.98. The topological polar surface area (TPSA) is 31.9 Å². The Balaban J connectivity index is 1.34. The molecule has 3 heteroatoms. The first-order valence-corrected chi connectivity index (χ1v) is 10.5. The van der Waals surface area contributed by atoms with Crippen LogP contribution in [0.5, 0.6) is 0 Å². The van der Waals surface area contributed by atoms with Crippen molar-refractivity contribution in [2.24, 2.45) is 0 Å². The first-order chi connectivity index (χ1) is 14.1. The zero-order chi connectivity index (χ0) is 19.8. The van der Waals surface area contributed by atoms with Gasteiger partial charge in [0.25, 0.3) is 0 Å². The fraction of sp³-hybridized carbons (Fsp3) is 0.269. The molecule has 2 aromatic heterocycles. The SMILES string of the molecule is CC1(C)CN(c2ccncc2)c2ccc(CCCc3c[nH]c4ccccc34)cc21. The van der Waals surface area contributed by atoms with Crippen LogP contribution in [0.15, 0.2) is 73.2 Å². The van der Waals surface area contributed by atoms with Crippen LogP contribution in [0.2, 0.25) is 0 Å². The van der Waals surface area contributed by atoms with Gasteiger partial charge >= 0.3 is 0 Å². The van der Waals surface area contributed by atoms with Crippen LogP contribution in [0.25, 0.3) is 10.9 Å². The van der Waals surface area contributed by atoms with E-state index < -0.39 is 0 Å². The largest absolute Gasteiger partial charge is 0.361 e. The minimum Gasteiger partial charge on any atom is -0.361 e. The molecule has 5 rings (SSSR count). The predicted octanol–water partition coefficient (Wildman–Crippen LogP) is 6.17. The summed E-state index contributed by atoms with van der Waals surface area (Å²) < 4.78 is 0. The summed E-state index contributed by atoms with van der Waals surface area (Å²) in [6.07, 6.45) is 9.29. The highest BCUT2D eigenvalue weighted by molar-refractivity contribution is 5.83. The number of anilines is 2. The third-order valence-electron chi connectivity index (χ3n) is 6.20. The number of nitrogens with zero attached hydrogens (tertiary/aromatic N) is 2. The van der Waals surface area contributed by atoms with E-state index in [-0.39, 0.29) is 5.41 Å². The first-order valence-electron chi connectivity index (χ1n) is 10.5. The Morgan fingerprint density at radius 2 is 1.83 bits per heavy atom. The standard InChI is InChI=1S/C26H27N3/c1-26(2)18-29(21-12-14-27-15-13-21)25-11-10-19(16-23(25)26)6-5-7-20-17-28-24-9-4-3-8-22(20)24/h3-4,8-17,28H,5-7,18H2,1-2H3. The average molecular weight is 382 g/mol. The summed E-state index contributed by atoms with van der Waals surface area (Å²) in [5, 5.41) is 1.36. The molecule has 3 heterocycles. The molecule has 1 aliphatic heterocycles. The number of nitrogens with one attached hydrogen (secondary N) is 1. The number of fused-ring (bicyclic) bond motifs is 2. The van der Waals surface area contributed by atoms with Crippen molar-refractivity contribution in [3.63, 3.8) is 0 Å². The molecular weight excluding hydrogens is 354 g/mol. The van der Waals surface area contributed by atoms with E-state index in [2.05, 4.69) is 89.5 Å². The number of aryl methyl sites for hydroxylation is 2. The number of aromatic nitrogens is 2. The van der Waals surface area contributed by atoms with Gasteiger partial charge in [-0.25, -0.2) is 0 Å². The fourth-order valence-electron chi connectivity index (χ4n) is 4.66. The van der Waals surface area contributed by atoms with Crippen molar-refractivity contribution in [1.82, 2.24) is 9.97 Å². The highest BCUT2D eigenvalue weighted by Crippen LogP contribution is 2.44. The van der Waals surface area contributed by atoms with Crippen LogP contribution in [-0.2, 0) is 18.3 Å². The molecule has 0 radical (unpaired) electrons. The van der Waals surface area contributed by atoms with Gasteiger partial charge in [0, 0.05) is 52.8 Å².